The monoisotopic (exact) mass is 485 g/mol. The Labute approximate surface area is 202 Å². The summed E-state index contributed by atoms with van der Waals surface area (Å²) in [5.74, 6) is -4.75. The summed E-state index contributed by atoms with van der Waals surface area (Å²) in [6.07, 6.45) is -1.04. The molecule has 5 nitrogen and oxygen atoms in total. The average molecular weight is 486 g/mol. The molecule has 0 saturated carbocycles. The largest absolute Gasteiger partial charge is 0.526 e. The molecule has 8 heteroatoms. The highest BCUT2D eigenvalue weighted by Gasteiger charge is 2.57. The van der Waals surface area contributed by atoms with Crippen molar-refractivity contribution < 1.29 is 32.2 Å². The normalized spacial score (nSPS) is 21.5. The van der Waals surface area contributed by atoms with E-state index in [4.69, 9.17) is 14.2 Å². The number of para-hydroxylation sites is 1. The van der Waals surface area contributed by atoms with Crippen molar-refractivity contribution in [3.8, 4) is 11.8 Å². The summed E-state index contributed by atoms with van der Waals surface area (Å²) >= 11 is 0. The predicted molar refractivity (Wildman–Crippen MR) is 123 cm³/mol. The number of nitrogens with zero attached hydrogens (tertiary/aromatic N) is 1. The van der Waals surface area contributed by atoms with Gasteiger partial charge in [0.2, 0.25) is 11.4 Å². The van der Waals surface area contributed by atoms with Crippen LogP contribution in [0.25, 0.3) is 0 Å². The van der Waals surface area contributed by atoms with Crippen LogP contribution >= 0.6 is 0 Å². The molecule has 1 aliphatic carbocycles. The Balaban J connectivity index is 2.25. The summed E-state index contributed by atoms with van der Waals surface area (Å²) < 4.78 is 57.8. The van der Waals surface area contributed by atoms with Crippen LogP contribution in [0.15, 0.2) is 84.5 Å². The maximum absolute atomic E-state index is 13.9. The number of nitriles is 1. The summed E-state index contributed by atoms with van der Waals surface area (Å²) in [5.41, 5.74) is -1.02. The highest BCUT2D eigenvalue weighted by molar-refractivity contribution is 5.68. The Bertz CT molecular complexity index is 1120. The van der Waals surface area contributed by atoms with Crippen LogP contribution in [-0.4, -0.2) is 23.7 Å². The number of esters is 1. The number of carbonyl (C=O) groups excluding carboxylic acids is 1. The van der Waals surface area contributed by atoms with Gasteiger partial charge in [0, 0.05) is 12.8 Å². The van der Waals surface area contributed by atoms with Gasteiger partial charge in [0.15, 0.2) is 0 Å². The molecule has 2 aromatic rings. The minimum Gasteiger partial charge on any atom is -0.458 e. The van der Waals surface area contributed by atoms with Gasteiger partial charge in [-0.2, -0.15) is 5.26 Å². The minimum atomic E-state index is -5.08. The Hall–Kier alpha value is -3.57. The molecule has 0 amide bonds. The van der Waals surface area contributed by atoms with E-state index in [9.17, 15) is 23.2 Å². The zero-order valence-corrected chi connectivity index (χ0v) is 19.6. The number of hydrogen-bond acceptors (Lipinski definition) is 5. The first-order valence-corrected chi connectivity index (χ1v) is 11.1. The van der Waals surface area contributed by atoms with E-state index in [1.807, 2.05) is 0 Å². The van der Waals surface area contributed by atoms with Crippen LogP contribution in [0.1, 0.15) is 26.3 Å². The molecule has 0 heterocycles. The number of rotatable bonds is 8. The number of alkyl halides is 3. The topological polar surface area (TPSA) is 68.6 Å². The van der Waals surface area contributed by atoms with Gasteiger partial charge in [-0.3, -0.25) is 4.79 Å². The molecular weight excluding hydrogens is 459 g/mol. The lowest BCUT2D eigenvalue weighted by Gasteiger charge is -2.45. The predicted octanol–water partition coefficient (Wildman–Crippen LogP) is 6.13. The zero-order chi connectivity index (χ0) is 25.7. The third kappa shape index (κ3) is 5.92. The third-order valence-corrected chi connectivity index (χ3v) is 5.76. The van der Waals surface area contributed by atoms with Crippen LogP contribution < -0.4 is 4.74 Å². The molecule has 2 aromatic carbocycles. The molecule has 0 bridgehead atoms. The van der Waals surface area contributed by atoms with E-state index in [2.05, 4.69) is 6.07 Å². The lowest BCUT2D eigenvalue weighted by molar-refractivity contribution is -0.398. The first kappa shape index (κ1) is 26.0. The third-order valence-electron chi connectivity index (χ3n) is 5.76. The number of hydrogen-bond donors (Lipinski definition) is 0. The lowest BCUT2D eigenvalue weighted by atomic mass is 9.70. The van der Waals surface area contributed by atoms with Gasteiger partial charge in [-0.05, 0) is 35.8 Å². The second kappa shape index (κ2) is 10.4. The van der Waals surface area contributed by atoms with E-state index in [0.29, 0.717) is 5.56 Å². The lowest BCUT2D eigenvalue weighted by Crippen LogP contribution is -2.55. The molecule has 0 radical (unpaired) electrons. The average Bonchev–Trinajstić information content (AvgIpc) is 2.79. The van der Waals surface area contributed by atoms with Crippen molar-refractivity contribution in [1.29, 1.82) is 5.26 Å². The molecule has 0 saturated heterocycles. The molecule has 3 atom stereocenters. The molecular formula is C27H26F3NO4. The van der Waals surface area contributed by atoms with Crippen LogP contribution in [0.5, 0.6) is 5.75 Å². The van der Waals surface area contributed by atoms with Crippen LogP contribution in [0, 0.1) is 23.2 Å². The highest BCUT2D eigenvalue weighted by atomic mass is 19.4. The molecule has 1 aliphatic rings. The Morgan fingerprint density at radius 1 is 1.09 bits per heavy atom. The van der Waals surface area contributed by atoms with Gasteiger partial charge < -0.3 is 9.47 Å². The number of halogens is 3. The molecule has 3 unspecified atom stereocenters. The molecule has 184 valence electrons. The first-order chi connectivity index (χ1) is 16.5. The Morgan fingerprint density at radius 3 is 2.20 bits per heavy atom. The summed E-state index contributed by atoms with van der Waals surface area (Å²) in [6, 6.07) is 18.8. The maximum atomic E-state index is 13.9. The van der Waals surface area contributed by atoms with Crippen molar-refractivity contribution in [2.75, 3.05) is 0 Å². The number of carbonyl (C=O) groups is 1. The molecule has 3 rings (SSSR count). The summed E-state index contributed by atoms with van der Waals surface area (Å²) in [7, 11) is 0. The van der Waals surface area contributed by atoms with Gasteiger partial charge in [0.05, 0.1) is 5.92 Å². The number of allylic oxidation sites excluding steroid dienone is 2. The van der Waals surface area contributed by atoms with E-state index >= 15 is 0 Å². The summed E-state index contributed by atoms with van der Waals surface area (Å²) in [6.45, 7) is 4.48. The van der Waals surface area contributed by atoms with Crippen molar-refractivity contribution in [2.24, 2.45) is 11.8 Å². The fourth-order valence-corrected chi connectivity index (χ4v) is 4.26. The number of ether oxygens (including phenoxy) is 3. The SMILES string of the molecule is CC(=O)OC(C#N)(C1=CC=CC(Oc2ccccc2)(OC(F)(F)F)C1Cc1ccccc1)C(C)C. The zero-order valence-electron chi connectivity index (χ0n) is 19.6. The highest BCUT2D eigenvalue weighted by Crippen LogP contribution is 2.47. The molecule has 0 aliphatic heterocycles. The van der Waals surface area contributed by atoms with Gasteiger partial charge in [-0.1, -0.05) is 74.5 Å². The molecule has 35 heavy (non-hydrogen) atoms. The smallest absolute Gasteiger partial charge is 0.458 e. The molecule has 0 spiro atoms. The van der Waals surface area contributed by atoms with Crippen LogP contribution in [0.4, 0.5) is 13.2 Å². The van der Waals surface area contributed by atoms with E-state index in [1.54, 1.807) is 62.4 Å². The van der Waals surface area contributed by atoms with Crippen molar-refractivity contribution in [1.82, 2.24) is 0 Å². The van der Waals surface area contributed by atoms with Crippen molar-refractivity contribution in [2.45, 2.75) is 44.9 Å². The van der Waals surface area contributed by atoms with Crippen LogP contribution in [-0.2, 0) is 20.7 Å². The van der Waals surface area contributed by atoms with Crippen molar-refractivity contribution >= 4 is 5.97 Å². The summed E-state index contributed by atoms with van der Waals surface area (Å²) in [5, 5.41) is 10.2. The minimum absolute atomic E-state index is 0.0113. The maximum Gasteiger partial charge on any atom is 0.526 e. The van der Waals surface area contributed by atoms with E-state index < -0.39 is 35.6 Å². The second-order valence-electron chi connectivity index (χ2n) is 8.50. The van der Waals surface area contributed by atoms with Gasteiger partial charge in [-0.25, -0.2) is 4.74 Å². The fraction of sp³-hybridized carbons (Fsp3) is 0.333. The van der Waals surface area contributed by atoms with E-state index in [0.717, 1.165) is 6.92 Å². The van der Waals surface area contributed by atoms with Gasteiger partial charge in [0.1, 0.15) is 11.8 Å². The van der Waals surface area contributed by atoms with Crippen molar-refractivity contribution in [3.05, 3.63) is 90.0 Å². The Kier molecular flexibility index (Phi) is 7.71. The number of benzene rings is 2. The first-order valence-electron chi connectivity index (χ1n) is 11.1. The van der Waals surface area contributed by atoms with Gasteiger partial charge >= 0.3 is 12.3 Å². The summed E-state index contributed by atoms with van der Waals surface area (Å²) in [4.78, 5) is 12.1. The molecule has 0 fully saturated rings. The van der Waals surface area contributed by atoms with Crippen LogP contribution in [0.2, 0.25) is 0 Å². The second-order valence-corrected chi connectivity index (χ2v) is 8.50. The van der Waals surface area contributed by atoms with Gasteiger partial charge in [-0.15, -0.1) is 13.2 Å². The van der Waals surface area contributed by atoms with E-state index in [-0.39, 0.29) is 17.7 Å². The molecule has 0 aromatic heterocycles. The van der Waals surface area contributed by atoms with Crippen molar-refractivity contribution in [3.63, 3.8) is 0 Å². The standard InChI is InChI=1S/C27H26F3NO4/c1-19(2)25(18-31,33-20(3)32)23-15-10-16-26(35-27(28,29)30,34-22-13-8-5-9-14-22)24(23)17-21-11-6-4-7-12-21/h4-16,19,24H,17H2,1-3H3. The fourth-order valence-electron chi connectivity index (χ4n) is 4.26. The van der Waals surface area contributed by atoms with E-state index in [1.165, 1.54) is 30.4 Å². The quantitative estimate of drug-likeness (QED) is 0.332. The van der Waals surface area contributed by atoms with Gasteiger partial charge in [0.25, 0.3) is 0 Å². The Morgan fingerprint density at radius 2 is 1.69 bits per heavy atom. The molecule has 0 N–H and O–H groups in total. The van der Waals surface area contributed by atoms with Crippen LogP contribution in [0.3, 0.4) is 0 Å².